The Morgan fingerprint density at radius 3 is 2.48 bits per heavy atom. The Morgan fingerprint density at radius 2 is 1.83 bits per heavy atom. The minimum Gasteiger partial charge on any atom is -0.399 e. The van der Waals surface area contributed by atoms with Gasteiger partial charge < -0.3 is 11.1 Å². The van der Waals surface area contributed by atoms with Gasteiger partial charge in [0.1, 0.15) is 0 Å². The second-order valence-corrected chi connectivity index (χ2v) is 8.59. The predicted octanol–water partition coefficient (Wildman–Crippen LogP) is 3.57. The second-order valence-electron chi connectivity index (χ2n) is 6.38. The predicted molar refractivity (Wildman–Crippen MR) is 96.8 cm³/mol. The number of rotatable bonds is 4. The van der Waals surface area contributed by atoms with Crippen molar-refractivity contribution in [3.63, 3.8) is 0 Å². The molecule has 3 N–H and O–H groups in total. The third-order valence-electron chi connectivity index (χ3n) is 3.31. The summed E-state index contributed by atoms with van der Waals surface area (Å²) in [4.78, 5) is 12.2. The number of nitrogens with two attached hydrogens (primary N) is 1. The average Bonchev–Trinajstić information content (AvgIpc) is 2.46. The fraction of sp³-hybridized carbons (Fsp3) is 0.278. The fourth-order valence-corrected chi connectivity index (χ4v) is 2.91. The molecule has 0 heterocycles. The Morgan fingerprint density at radius 1 is 1.13 bits per heavy atom. The maximum Gasteiger partial charge on any atom is 0.255 e. The number of carbonyl (C=O) groups excluding carboxylic acids is 1. The third kappa shape index (κ3) is 4.93. The molecule has 0 radical (unpaired) electrons. The van der Waals surface area contributed by atoms with Gasteiger partial charge >= 0.3 is 0 Å². The quantitative estimate of drug-likeness (QED) is 0.842. The Hall–Kier alpha value is -2.14. The Kier molecular flexibility index (Phi) is 5.21. The van der Waals surface area contributed by atoms with Crippen molar-refractivity contribution in [3.05, 3.63) is 59.7 Å². The summed E-state index contributed by atoms with van der Waals surface area (Å²) in [6.07, 6.45) is 0. The molecule has 23 heavy (non-hydrogen) atoms. The molecule has 0 aliphatic heterocycles. The van der Waals surface area contributed by atoms with Crippen LogP contribution in [0.5, 0.6) is 0 Å². The van der Waals surface area contributed by atoms with Crippen LogP contribution in [0.3, 0.4) is 0 Å². The van der Waals surface area contributed by atoms with Gasteiger partial charge in [0.05, 0.1) is 0 Å². The first kappa shape index (κ1) is 17.2. The van der Waals surface area contributed by atoms with Crippen molar-refractivity contribution < 1.29 is 9.00 Å². The molecule has 2 rings (SSSR count). The van der Waals surface area contributed by atoms with Gasteiger partial charge in [0, 0.05) is 38.2 Å². The number of anilines is 2. The molecule has 122 valence electrons. The first-order chi connectivity index (χ1) is 10.8. The number of benzene rings is 2. The van der Waals surface area contributed by atoms with Gasteiger partial charge in [-0.15, -0.1) is 0 Å². The van der Waals surface area contributed by atoms with Crippen molar-refractivity contribution in [2.45, 2.75) is 31.3 Å². The number of carbonyl (C=O) groups is 1. The zero-order valence-electron chi connectivity index (χ0n) is 13.6. The van der Waals surface area contributed by atoms with Crippen molar-refractivity contribution in [3.8, 4) is 0 Å². The number of nitrogens with one attached hydrogen (secondary N) is 1. The molecule has 0 spiro atoms. The molecule has 5 heteroatoms. The van der Waals surface area contributed by atoms with Crippen LogP contribution in [0.2, 0.25) is 0 Å². The van der Waals surface area contributed by atoms with Crippen LogP contribution in [-0.2, 0) is 16.6 Å². The molecule has 2 aromatic rings. The number of hydrogen-bond acceptors (Lipinski definition) is 3. The normalized spacial score (nSPS) is 12.7. The van der Waals surface area contributed by atoms with Crippen molar-refractivity contribution in [1.82, 2.24) is 0 Å². The topological polar surface area (TPSA) is 72.2 Å². The Balaban J connectivity index is 2.11. The molecular formula is C18H22N2O2S. The molecule has 1 atom stereocenters. The number of nitrogen functional groups attached to an aromatic ring is 1. The van der Waals surface area contributed by atoms with Crippen molar-refractivity contribution in [1.29, 1.82) is 0 Å². The summed E-state index contributed by atoms with van der Waals surface area (Å²) in [5, 5.41) is 2.84. The highest BCUT2D eigenvalue weighted by Gasteiger charge is 2.19. The van der Waals surface area contributed by atoms with E-state index < -0.39 is 10.8 Å². The molecule has 0 aromatic heterocycles. The molecule has 0 bridgehead atoms. The van der Waals surface area contributed by atoms with E-state index in [2.05, 4.69) is 5.32 Å². The smallest absolute Gasteiger partial charge is 0.255 e. The lowest BCUT2D eigenvalue weighted by Crippen LogP contribution is -2.23. The summed E-state index contributed by atoms with van der Waals surface area (Å²) in [5.41, 5.74) is 8.37. The van der Waals surface area contributed by atoms with Gasteiger partial charge in [-0.1, -0.05) is 18.2 Å². The van der Waals surface area contributed by atoms with E-state index in [1.807, 2.05) is 45.0 Å². The van der Waals surface area contributed by atoms with Gasteiger partial charge in [-0.05, 0) is 56.7 Å². The molecule has 0 aliphatic carbocycles. The van der Waals surface area contributed by atoms with Crippen molar-refractivity contribution >= 4 is 28.1 Å². The first-order valence-corrected chi connectivity index (χ1v) is 8.72. The van der Waals surface area contributed by atoms with Crippen molar-refractivity contribution in [2.75, 3.05) is 11.1 Å². The van der Waals surface area contributed by atoms with Gasteiger partial charge in [-0.3, -0.25) is 9.00 Å². The molecule has 4 nitrogen and oxygen atoms in total. The Labute approximate surface area is 139 Å². The summed E-state index contributed by atoms with van der Waals surface area (Å²) in [6.45, 7) is 5.86. The van der Waals surface area contributed by atoms with Crippen LogP contribution in [0, 0.1) is 0 Å². The van der Waals surface area contributed by atoms with E-state index in [0.29, 0.717) is 22.7 Å². The Bertz CT molecular complexity index is 736. The summed E-state index contributed by atoms with van der Waals surface area (Å²) >= 11 is 0. The van der Waals surface area contributed by atoms with Crippen molar-refractivity contribution in [2.24, 2.45) is 0 Å². The van der Waals surface area contributed by atoms with E-state index in [9.17, 15) is 9.00 Å². The standard InChI is InChI=1S/C18H22N2O2S/c1-18(2,3)23(22)12-13-6-4-9-16(10-13)20-17(21)14-7-5-8-15(19)11-14/h4-11H,12,19H2,1-3H3,(H,20,21). The minimum atomic E-state index is -0.978. The third-order valence-corrected chi connectivity index (χ3v) is 5.28. The number of hydrogen-bond donors (Lipinski definition) is 2. The molecular weight excluding hydrogens is 308 g/mol. The van der Waals surface area contributed by atoms with Gasteiger partial charge in [-0.2, -0.15) is 0 Å². The molecule has 2 aromatic carbocycles. The highest BCUT2D eigenvalue weighted by Crippen LogP contribution is 2.19. The van der Waals surface area contributed by atoms with Gasteiger partial charge in [0.15, 0.2) is 0 Å². The van der Waals surface area contributed by atoms with Crippen LogP contribution in [0.4, 0.5) is 11.4 Å². The zero-order chi connectivity index (χ0) is 17.0. The lowest BCUT2D eigenvalue weighted by molar-refractivity contribution is 0.102. The highest BCUT2D eigenvalue weighted by atomic mass is 32.2. The second kappa shape index (κ2) is 6.96. The van der Waals surface area contributed by atoms with Gasteiger partial charge in [-0.25, -0.2) is 0 Å². The van der Waals surface area contributed by atoms with Crippen LogP contribution in [0.25, 0.3) is 0 Å². The lowest BCUT2D eigenvalue weighted by atomic mass is 10.1. The largest absolute Gasteiger partial charge is 0.399 e. The van der Waals surface area contributed by atoms with E-state index in [0.717, 1.165) is 5.56 Å². The monoisotopic (exact) mass is 330 g/mol. The summed E-state index contributed by atoms with van der Waals surface area (Å²) in [6, 6.07) is 14.3. The first-order valence-electron chi connectivity index (χ1n) is 7.40. The van der Waals surface area contributed by atoms with E-state index in [-0.39, 0.29) is 10.7 Å². The van der Waals surface area contributed by atoms with E-state index >= 15 is 0 Å². The molecule has 1 unspecified atom stereocenters. The molecule has 0 fully saturated rings. The zero-order valence-corrected chi connectivity index (χ0v) is 14.4. The van der Waals surface area contributed by atoms with Gasteiger partial charge in [0.2, 0.25) is 0 Å². The van der Waals surface area contributed by atoms with E-state index in [4.69, 9.17) is 5.73 Å². The van der Waals surface area contributed by atoms with Crippen LogP contribution in [0.1, 0.15) is 36.7 Å². The summed E-state index contributed by atoms with van der Waals surface area (Å²) in [5.74, 6) is 0.247. The molecule has 0 aliphatic rings. The van der Waals surface area contributed by atoms with E-state index in [1.165, 1.54) is 0 Å². The van der Waals surface area contributed by atoms with Crippen LogP contribution >= 0.6 is 0 Å². The van der Waals surface area contributed by atoms with Gasteiger partial charge in [0.25, 0.3) is 5.91 Å². The average molecular weight is 330 g/mol. The molecule has 1 amide bonds. The van der Waals surface area contributed by atoms with Crippen LogP contribution < -0.4 is 11.1 Å². The summed E-state index contributed by atoms with van der Waals surface area (Å²) < 4.78 is 12.0. The maximum atomic E-state index is 12.2. The van der Waals surface area contributed by atoms with Crippen LogP contribution in [0.15, 0.2) is 48.5 Å². The SMILES string of the molecule is CC(C)(C)S(=O)Cc1cccc(NC(=O)c2cccc(N)c2)c1. The summed E-state index contributed by atoms with van der Waals surface area (Å²) in [7, 11) is -0.978. The lowest BCUT2D eigenvalue weighted by Gasteiger charge is -2.18. The van der Waals surface area contributed by atoms with E-state index in [1.54, 1.807) is 24.3 Å². The molecule has 0 saturated carbocycles. The maximum absolute atomic E-state index is 12.2. The molecule has 0 saturated heterocycles. The minimum absolute atomic E-state index is 0.216. The highest BCUT2D eigenvalue weighted by molar-refractivity contribution is 7.85. The number of amides is 1. The fourth-order valence-electron chi connectivity index (χ4n) is 1.99. The van der Waals surface area contributed by atoms with Crippen LogP contribution in [-0.4, -0.2) is 14.9 Å².